The van der Waals surface area contributed by atoms with Gasteiger partial charge in [0.2, 0.25) is 0 Å². The van der Waals surface area contributed by atoms with E-state index >= 15 is 0 Å². The Morgan fingerprint density at radius 1 is 1.13 bits per heavy atom. The highest BCUT2D eigenvalue weighted by Crippen LogP contribution is 2.31. The lowest BCUT2D eigenvalue weighted by atomic mass is 10.0. The number of aromatic nitrogens is 4. The zero-order valence-corrected chi connectivity index (χ0v) is 16.8. The minimum absolute atomic E-state index is 0.110. The number of hydrogen-bond donors (Lipinski definition) is 1. The standard InChI is InChI=1S/C23H21N5O3/c29-23(27-10-9-17-16-5-1-2-6-18(16)24-19(17)12-27)20-13-28(26-25-20)11-15-14-30-21-7-3-4-8-22(21)31-15/h1-8,13,15,24H,9-12,14H2. The van der Waals surface area contributed by atoms with E-state index in [1.807, 2.05) is 41.3 Å². The molecule has 156 valence electrons. The predicted octanol–water partition coefficient (Wildman–Crippen LogP) is 2.80. The van der Waals surface area contributed by atoms with Crippen LogP contribution in [0.25, 0.3) is 10.9 Å². The summed E-state index contributed by atoms with van der Waals surface area (Å²) in [6.45, 7) is 2.10. The first-order chi connectivity index (χ1) is 15.2. The molecule has 8 nitrogen and oxygen atoms in total. The lowest BCUT2D eigenvalue weighted by Gasteiger charge is -2.26. The highest BCUT2D eigenvalue weighted by molar-refractivity contribution is 5.92. The average molecular weight is 415 g/mol. The van der Waals surface area contributed by atoms with Crippen molar-refractivity contribution in [3.63, 3.8) is 0 Å². The van der Waals surface area contributed by atoms with E-state index in [1.54, 1.807) is 10.9 Å². The van der Waals surface area contributed by atoms with E-state index in [0.29, 0.717) is 31.9 Å². The molecule has 0 saturated heterocycles. The highest BCUT2D eigenvalue weighted by atomic mass is 16.6. The van der Waals surface area contributed by atoms with Gasteiger partial charge in [-0.15, -0.1) is 5.10 Å². The van der Waals surface area contributed by atoms with Crippen molar-refractivity contribution in [3.8, 4) is 11.5 Å². The molecule has 1 amide bonds. The molecule has 4 heterocycles. The first-order valence-electron chi connectivity index (χ1n) is 10.4. The number of rotatable bonds is 3. The van der Waals surface area contributed by atoms with Crippen LogP contribution in [0.4, 0.5) is 0 Å². The Kier molecular flexibility index (Phi) is 4.15. The molecule has 2 aliphatic rings. The Morgan fingerprint density at radius 3 is 2.90 bits per heavy atom. The van der Waals surface area contributed by atoms with Crippen LogP contribution in [-0.4, -0.2) is 50.0 Å². The monoisotopic (exact) mass is 415 g/mol. The third-order valence-electron chi connectivity index (χ3n) is 5.89. The van der Waals surface area contributed by atoms with Gasteiger partial charge in [-0.05, 0) is 30.2 Å². The van der Waals surface area contributed by atoms with Gasteiger partial charge in [-0.3, -0.25) is 4.79 Å². The number of carbonyl (C=O) groups is 1. The zero-order valence-electron chi connectivity index (χ0n) is 16.8. The maximum Gasteiger partial charge on any atom is 0.276 e. The lowest BCUT2D eigenvalue weighted by molar-refractivity contribution is 0.0724. The molecule has 1 N–H and O–H groups in total. The number of benzene rings is 2. The number of para-hydroxylation sites is 3. The Bertz CT molecular complexity index is 1280. The maximum absolute atomic E-state index is 13.0. The second-order valence-corrected chi connectivity index (χ2v) is 7.93. The third-order valence-corrected chi connectivity index (χ3v) is 5.89. The van der Waals surface area contributed by atoms with E-state index < -0.39 is 0 Å². The summed E-state index contributed by atoms with van der Waals surface area (Å²) in [6.07, 6.45) is 2.32. The second-order valence-electron chi connectivity index (χ2n) is 7.93. The van der Waals surface area contributed by atoms with Gasteiger partial charge >= 0.3 is 0 Å². The maximum atomic E-state index is 13.0. The van der Waals surface area contributed by atoms with Gasteiger partial charge in [0.05, 0.1) is 19.3 Å². The van der Waals surface area contributed by atoms with Crippen LogP contribution >= 0.6 is 0 Å². The number of nitrogens with zero attached hydrogens (tertiary/aromatic N) is 4. The Hall–Kier alpha value is -3.81. The van der Waals surface area contributed by atoms with Gasteiger partial charge in [0.15, 0.2) is 23.3 Å². The van der Waals surface area contributed by atoms with Crippen molar-refractivity contribution in [3.05, 3.63) is 71.7 Å². The van der Waals surface area contributed by atoms with Crippen LogP contribution in [-0.2, 0) is 19.5 Å². The first kappa shape index (κ1) is 18.0. The van der Waals surface area contributed by atoms with Gasteiger partial charge in [-0.25, -0.2) is 4.68 Å². The predicted molar refractivity (Wildman–Crippen MR) is 113 cm³/mol. The minimum Gasteiger partial charge on any atom is -0.486 e. The van der Waals surface area contributed by atoms with Crippen molar-refractivity contribution in [1.82, 2.24) is 24.9 Å². The molecule has 6 rings (SSSR count). The topological polar surface area (TPSA) is 85.3 Å². The molecule has 0 bridgehead atoms. The summed E-state index contributed by atoms with van der Waals surface area (Å²) in [6, 6.07) is 15.9. The molecular formula is C23H21N5O3. The Labute approximate surface area is 178 Å². The van der Waals surface area contributed by atoms with E-state index in [-0.39, 0.29) is 12.0 Å². The fourth-order valence-electron chi connectivity index (χ4n) is 4.38. The molecule has 2 aromatic heterocycles. The van der Waals surface area contributed by atoms with Crippen LogP contribution in [0.3, 0.4) is 0 Å². The molecule has 1 atom stereocenters. The van der Waals surface area contributed by atoms with Gasteiger partial charge in [-0.1, -0.05) is 35.5 Å². The van der Waals surface area contributed by atoms with Crippen LogP contribution in [0.5, 0.6) is 11.5 Å². The SMILES string of the molecule is O=C(c1cn(CC2COc3ccccc3O2)nn1)N1CCc2c([nH]c3ccccc23)C1. The quantitative estimate of drug-likeness (QED) is 0.556. The molecule has 2 aliphatic heterocycles. The number of hydrogen-bond acceptors (Lipinski definition) is 5. The molecule has 0 fully saturated rings. The van der Waals surface area contributed by atoms with Gasteiger partial charge < -0.3 is 19.4 Å². The minimum atomic E-state index is -0.191. The second kappa shape index (κ2) is 7.16. The van der Waals surface area contributed by atoms with Crippen LogP contribution in [0.1, 0.15) is 21.7 Å². The molecule has 8 heteroatoms. The molecule has 4 aromatic rings. The van der Waals surface area contributed by atoms with E-state index in [9.17, 15) is 4.79 Å². The van der Waals surface area contributed by atoms with Crippen LogP contribution in [0.2, 0.25) is 0 Å². The average Bonchev–Trinajstić information content (AvgIpc) is 3.42. The summed E-state index contributed by atoms with van der Waals surface area (Å²) < 4.78 is 13.4. The van der Waals surface area contributed by atoms with E-state index in [4.69, 9.17) is 9.47 Å². The summed E-state index contributed by atoms with van der Waals surface area (Å²) in [5.41, 5.74) is 3.86. The third kappa shape index (κ3) is 3.20. The fourth-order valence-corrected chi connectivity index (χ4v) is 4.38. The molecule has 0 aliphatic carbocycles. The normalized spacial score (nSPS) is 17.5. The van der Waals surface area contributed by atoms with Crippen LogP contribution in [0, 0.1) is 0 Å². The molecule has 31 heavy (non-hydrogen) atoms. The van der Waals surface area contributed by atoms with Gasteiger partial charge in [0.25, 0.3) is 5.91 Å². The Balaban J connectivity index is 1.15. The van der Waals surface area contributed by atoms with Crippen molar-refractivity contribution in [2.45, 2.75) is 25.6 Å². The van der Waals surface area contributed by atoms with Crippen molar-refractivity contribution in [1.29, 1.82) is 0 Å². The number of aromatic amines is 1. The van der Waals surface area contributed by atoms with E-state index in [2.05, 4.69) is 27.4 Å². The largest absolute Gasteiger partial charge is 0.486 e. The molecular weight excluding hydrogens is 394 g/mol. The lowest BCUT2D eigenvalue weighted by Crippen LogP contribution is -2.36. The van der Waals surface area contributed by atoms with Crippen LogP contribution < -0.4 is 9.47 Å². The number of H-pyrrole nitrogens is 1. The van der Waals surface area contributed by atoms with Crippen molar-refractivity contribution in [2.24, 2.45) is 0 Å². The summed E-state index contributed by atoms with van der Waals surface area (Å²) in [5, 5.41) is 9.49. The van der Waals surface area contributed by atoms with Crippen molar-refractivity contribution in [2.75, 3.05) is 13.2 Å². The summed E-state index contributed by atoms with van der Waals surface area (Å²) in [5.74, 6) is 1.36. The molecule has 0 spiro atoms. The number of amides is 1. The zero-order chi connectivity index (χ0) is 20.8. The number of nitrogens with one attached hydrogen (secondary N) is 1. The first-order valence-corrected chi connectivity index (χ1v) is 10.4. The van der Waals surface area contributed by atoms with Crippen molar-refractivity contribution < 1.29 is 14.3 Å². The molecule has 2 aromatic carbocycles. The number of fused-ring (bicyclic) bond motifs is 4. The summed E-state index contributed by atoms with van der Waals surface area (Å²) in [4.78, 5) is 18.3. The van der Waals surface area contributed by atoms with Gasteiger partial charge in [-0.2, -0.15) is 0 Å². The van der Waals surface area contributed by atoms with Crippen LogP contribution in [0.15, 0.2) is 54.7 Å². The smallest absolute Gasteiger partial charge is 0.276 e. The number of carbonyl (C=O) groups excluding carboxylic acids is 1. The summed E-state index contributed by atoms with van der Waals surface area (Å²) >= 11 is 0. The fraction of sp³-hybridized carbons (Fsp3) is 0.261. The van der Waals surface area contributed by atoms with Crippen molar-refractivity contribution >= 4 is 16.8 Å². The molecule has 0 saturated carbocycles. The number of ether oxygens (including phenoxy) is 2. The summed E-state index contributed by atoms with van der Waals surface area (Å²) in [7, 11) is 0. The molecule has 0 radical (unpaired) electrons. The van der Waals surface area contributed by atoms with E-state index in [0.717, 1.165) is 29.1 Å². The van der Waals surface area contributed by atoms with Gasteiger partial charge in [0, 0.05) is 23.1 Å². The molecule has 1 unspecified atom stereocenters. The Morgan fingerprint density at radius 2 is 1.97 bits per heavy atom. The highest BCUT2D eigenvalue weighted by Gasteiger charge is 2.27. The van der Waals surface area contributed by atoms with E-state index in [1.165, 1.54) is 10.9 Å². The van der Waals surface area contributed by atoms with Gasteiger partial charge in [0.1, 0.15) is 6.61 Å².